The number of aryl methyl sites for hydroxylation is 1. The van der Waals surface area contributed by atoms with Crippen molar-refractivity contribution in [3.8, 4) is 22.4 Å². The Balaban J connectivity index is 1.99. The van der Waals surface area contributed by atoms with Gasteiger partial charge in [-0.05, 0) is 38.5 Å². The lowest BCUT2D eigenvalue weighted by Gasteiger charge is -2.13. The molecule has 4 aromatic rings. The van der Waals surface area contributed by atoms with E-state index in [1.165, 1.54) is 0 Å². The molecule has 0 bridgehead atoms. The zero-order valence-electron chi connectivity index (χ0n) is 15.6. The molecule has 0 aliphatic heterocycles. The maximum absolute atomic E-state index is 6.07. The molecule has 0 aliphatic carbocycles. The average Bonchev–Trinajstić information content (AvgIpc) is 2.99. The third-order valence-corrected chi connectivity index (χ3v) is 4.65. The van der Waals surface area contributed by atoms with Crippen LogP contribution in [-0.4, -0.2) is 20.6 Å². The second-order valence-electron chi connectivity index (χ2n) is 6.89. The zero-order valence-corrected chi connectivity index (χ0v) is 16.3. The van der Waals surface area contributed by atoms with Crippen molar-refractivity contribution in [1.29, 1.82) is 0 Å². The van der Waals surface area contributed by atoms with Crippen molar-refractivity contribution in [3.63, 3.8) is 0 Å². The van der Waals surface area contributed by atoms with E-state index in [9.17, 15) is 0 Å². The SMILES string of the molecule is Cc1nn2c(NC(C)C)cc(-c3ccccc3)nc2c1-c1ccc(Cl)cc1. The van der Waals surface area contributed by atoms with Crippen molar-refractivity contribution in [1.82, 2.24) is 14.6 Å². The van der Waals surface area contributed by atoms with Crippen LogP contribution in [0.2, 0.25) is 5.02 Å². The molecule has 0 fully saturated rings. The van der Waals surface area contributed by atoms with Crippen molar-refractivity contribution in [2.24, 2.45) is 0 Å². The van der Waals surface area contributed by atoms with E-state index in [-0.39, 0.29) is 6.04 Å². The number of benzene rings is 2. The predicted molar refractivity (Wildman–Crippen MR) is 112 cm³/mol. The second-order valence-corrected chi connectivity index (χ2v) is 7.33. The molecule has 0 unspecified atom stereocenters. The van der Waals surface area contributed by atoms with Gasteiger partial charge in [0.05, 0.1) is 11.4 Å². The number of nitrogens with one attached hydrogen (secondary N) is 1. The molecular formula is C22H21ClN4. The first kappa shape index (κ1) is 17.6. The van der Waals surface area contributed by atoms with Crippen LogP contribution < -0.4 is 5.32 Å². The lowest BCUT2D eigenvalue weighted by molar-refractivity contribution is 0.846. The van der Waals surface area contributed by atoms with E-state index in [1.807, 2.05) is 53.9 Å². The molecule has 2 heterocycles. The fourth-order valence-electron chi connectivity index (χ4n) is 3.23. The first-order valence-corrected chi connectivity index (χ1v) is 9.39. The minimum atomic E-state index is 0.280. The van der Waals surface area contributed by atoms with Crippen LogP contribution in [0.1, 0.15) is 19.5 Å². The average molecular weight is 377 g/mol. The first-order valence-electron chi connectivity index (χ1n) is 9.01. The normalized spacial score (nSPS) is 11.3. The molecule has 0 aliphatic rings. The zero-order chi connectivity index (χ0) is 19.0. The first-order chi connectivity index (χ1) is 13.0. The molecule has 0 radical (unpaired) electrons. The van der Waals surface area contributed by atoms with Gasteiger partial charge in [0.25, 0.3) is 0 Å². The standard InChI is InChI=1S/C22H21ClN4/c1-14(2)24-20-13-19(16-7-5-4-6-8-16)25-22-21(15(3)26-27(20)22)17-9-11-18(23)12-10-17/h4-14,24H,1-3H3. The third-order valence-electron chi connectivity index (χ3n) is 4.40. The van der Waals surface area contributed by atoms with Crippen molar-refractivity contribution in [2.45, 2.75) is 26.8 Å². The molecular weight excluding hydrogens is 356 g/mol. The minimum absolute atomic E-state index is 0.280. The van der Waals surface area contributed by atoms with Crippen LogP contribution in [0.25, 0.3) is 28.0 Å². The lowest BCUT2D eigenvalue weighted by atomic mass is 10.1. The molecule has 1 N–H and O–H groups in total. The highest BCUT2D eigenvalue weighted by molar-refractivity contribution is 6.30. The summed E-state index contributed by atoms with van der Waals surface area (Å²) >= 11 is 6.07. The van der Waals surface area contributed by atoms with Gasteiger partial charge in [0.2, 0.25) is 0 Å². The third kappa shape index (κ3) is 3.40. The van der Waals surface area contributed by atoms with Crippen LogP contribution in [-0.2, 0) is 0 Å². The molecule has 0 spiro atoms. The molecule has 0 saturated heterocycles. The van der Waals surface area contributed by atoms with Crippen molar-refractivity contribution in [3.05, 3.63) is 71.4 Å². The Morgan fingerprint density at radius 3 is 2.33 bits per heavy atom. The number of halogens is 1. The smallest absolute Gasteiger partial charge is 0.166 e. The fraction of sp³-hybridized carbons (Fsp3) is 0.182. The van der Waals surface area contributed by atoms with Crippen molar-refractivity contribution < 1.29 is 0 Å². The van der Waals surface area contributed by atoms with Gasteiger partial charge in [0, 0.05) is 28.3 Å². The maximum Gasteiger partial charge on any atom is 0.166 e. The second kappa shape index (κ2) is 7.05. The number of anilines is 1. The van der Waals surface area contributed by atoms with Crippen LogP contribution in [0.5, 0.6) is 0 Å². The Bertz CT molecular complexity index is 1080. The summed E-state index contributed by atoms with van der Waals surface area (Å²) in [6.45, 7) is 6.25. The van der Waals surface area contributed by atoms with Gasteiger partial charge in [0.1, 0.15) is 5.82 Å². The largest absolute Gasteiger partial charge is 0.368 e. The summed E-state index contributed by atoms with van der Waals surface area (Å²) in [4.78, 5) is 4.96. The number of hydrogen-bond acceptors (Lipinski definition) is 3. The lowest BCUT2D eigenvalue weighted by Crippen LogP contribution is -2.14. The Hall–Kier alpha value is -2.85. The summed E-state index contributed by atoms with van der Waals surface area (Å²) in [6.07, 6.45) is 0. The van der Waals surface area contributed by atoms with Gasteiger partial charge in [-0.2, -0.15) is 9.61 Å². The highest BCUT2D eigenvalue weighted by atomic mass is 35.5. The van der Waals surface area contributed by atoms with Gasteiger partial charge < -0.3 is 5.32 Å². The minimum Gasteiger partial charge on any atom is -0.368 e. The van der Waals surface area contributed by atoms with Gasteiger partial charge in [-0.3, -0.25) is 0 Å². The van der Waals surface area contributed by atoms with Gasteiger partial charge >= 0.3 is 0 Å². The van der Waals surface area contributed by atoms with E-state index < -0.39 is 0 Å². The number of fused-ring (bicyclic) bond motifs is 1. The quantitative estimate of drug-likeness (QED) is 0.486. The molecule has 0 amide bonds. The summed E-state index contributed by atoms with van der Waals surface area (Å²) in [5, 5.41) is 8.97. The highest BCUT2D eigenvalue weighted by Gasteiger charge is 2.17. The summed E-state index contributed by atoms with van der Waals surface area (Å²) in [6, 6.07) is 20.4. The van der Waals surface area contributed by atoms with Crippen LogP contribution in [0, 0.1) is 6.92 Å². The Morgan fingerprint density at radius 2 is 1.67 bits per heavy atom. The molecule has 5 heteroatoms. The Kier molecular flexibility index (Phi) is 4.58. The van der Waals surface area contributed by atoms with Gasteiger partial charge in [-0.15, -0.1) is 0 Å². The molecule has 4 rings (SSSR count). The Labute approximate surface area is 163 Å². The maximum atomic E-state index is 6.07. The van der Waals surface area contributed by atoms with Crippen LogP contribution in [0.3, 0.4) is 0 Å². The summed E-state index contributed by atoms with van der Waals surface area (Å²) < 4.78 is 1.89. The molecule has 2 aromatic heterocycles. The van der Waals surface area contributed by atoms with E-state index in [1.54, 1.807) is 0 Å². The predicted octanol–water partition coefficient (Wildman–Crippen LogP) is 5.85. The van der Waals surface area contributed by atoms with Crippen molar-refractivity contribution in [2.75, 3.05) is 5.32 Å². The molecule has 4 nitrogen and oxygen atoms in total. The highest BCUT2D eigenvalue weighted by Crippen LogP contribution is 2.32. The summed E-state index contributed by atoms with van der Waals surface area (Å²) in [7, 11) is 0. The van der Waals surface area contributed by atoms with Crippen LogP contribution >= 0.6 is 11.6 Å². The molecule has 136 valence electrons. The van der Waals surface area contributed by atoms with Crippen LogP contribution in [0.4, 0.5) is 5.82 Å². The van der Waals surface area contributed by atoms with E-state index in [0.717, 1.165) is 39.5 Å². The summed E-state index contributed by atoms with van der Waals surface area (Å²) in [5.74, 6) is 0.928. The van der Waals surface area contributed by atoms with E-state index >= 15 is 0 Å². The van der Waals surface area contributed by atoms with Gasteiger partial charge in [-0.1, -0.05) is 54.1 Å². The topological polar surface area (TPSA) is 42.2 Å². The number of aromatic nitrogens is 3. The van der Waals surface area contributed by atoms with Gasteiger partial charge in [0.15, 0.2) is 5.65 Å². The van der Waals surface area contributed by atoms with E-state index in [2.05, 4.69) is 37.4 Å². The molecule has 0 saturated carbocycles. The van der Waals surface area contributed by atoms with E-state index in [4.69, 9.17) is 21.7 Å². The number of hydrogen-bond donors (Lipinski definition) is 1. The van der Waals surface area contributed by atoms with Crippen LogP contribution in [0.15, 0.2) is 60.7 Å². The van der Waals surface area contributed by atoms with Gasteiger partial charge in [-0.25, -0.2) is 4.98 Å². The molecule has 0 atom stereocenters. The number of rotatable bonds is 4. The molecule has 2 aromatic carbocycles. The monoisotopic (exact) mass is 376 g/mol. The van der Waals surface area contributed by atoms with Crippen molar-refractivity contribution >= 4 is 23.1 Å². The fourth-order valence-corrected chi connectivity index (χ4v) is 3.36. The summed E-state index contributed by atoms with van der Waals surface area (Å²) in [5.41, 5.74) is 5.84. The number of nitrogens with zero attached hydrogens (tertiary/aromatic N) is 3. The Morgan fingerprint density at radius 1 is 0.963 bits per heavy atom. The molecule has 27 heavy (non-hydrogen) atoms. The van der Waals surface area contributed by atoms with E-state index in [0.29, 0.717) is 5.02 Å².